The molecule has 1 atom stereocenters. The molecule has 1 saturated heterocycles. The zero-order valence-electron chi connectivity index (χ0n) is 16.6. The number of benzene rings is 2. The maximum absolute atomic E-state index is 13.3. The summed E-state index contributed by atoms with van der Waals surface area (Å²) in [6, 6.07) is 16.2. The predicted molar refractivity (Wildman–Crippen MR) is 111 cm³/mol. The van der Waals surface area contributed by atoms with Crippen LogP contribution in [0.4, 0.5) is 11.4 Å². The first-order valence-corrected chi connectivity index (χ1v) is 10.0. The second kappa shape index (κ2) is 7.66. The number of carbonyl (C=O) groups is 2. The van der Waals surface area contributed by atoms with Crippen LogP contribution < -0.4 is 9.80 Å². The summed E-state index contributed by atoms with van der Waals surface area (Å²) in [7, 11) is 2.06. The first kappa shape index (κ1) is 18.5. The molecule has 28 heavy (non-hydrogen) atoms. The Morgan fingerprint density at radius 3 is 2.54 bits per heavy atom. The van der Waals surface area contributed by atoms with E-state index < -0.39 is 0 Å². The van der Waals surface area contributed by atoms with E-state index >= 15 is 0 Å². The molecule has 2 aliphatic rings. The third-order valence-electron chi connectivity index (χ3n) is 5.92. The summed E-state index contributed by atoms with van der Waals surface area (Å²) in [6.45, 7) is 4.65. The second-order valence-electron chi connectivity index (χ2n) is 7.70. The molecule has 0 spiro atoms. The van der Waals surface area contributed by atoms with Gasteiger partial charge in [-0.05, 0) is 29.7 Å². The van der Waals surface area contributed by atoms with Crippen LogP contribution in [0.5, 0.6) is 0 Å². The molecule has 2 amide bonds. The maximum Gasteiger partial charge on any atom is 0.228 e. The lowest BCUT2D eigenvalue weighted by molar-refractivity contribution is -0.136. The molecule has 0 bridgehead atoms. The van der Waals surface area contributed by atoms with E-state index in [0.717, 1.165) is 29.8 Å². The van der Waals surface area contributed by atoms with Crippen molar-refractivity contribution in [3.63, 3.8) is 0 Å². The molecule has 1 unspecified atom stereocenters. The van der Waals surface area contributed by atoms with E-state index in [1.165, 1.54) is 5.69 Å². The lowest BCUT2D eigenvalue weighted by Crippen LogP contribution is -2.39. The summed E-state index contributed by atoms with van der Waals surface area (Å²) in [4.78, 5) is 31.9. The second-order valence-corrected chi connectivity index (χ2v) is 7.70. The average molecular weight is 377 g/mol. The van der Waals surface area contributed by atoms with Crippen molar-refractivity contribution in [2.24, 2.45) is 5.92 Å². The number of carbonyl (C=O) groups excluding carboxylic acids is 2. The molecule has 146 valence electrons. The topological polar surface area (TPSA) is 43.9 Å². The first-order chi connectivity index (χ1) is 13.6. The van der Waals surface area contributed by atoms with Crippen LogP contribution in [0, 0.1) is 5.92 Å². The molecule has 2 aromatic carbocycles. The molecule has 4 rings (SSSR count). The smallest absolute Gasteiger partial charge is 0.228 e. The van der Waals surface area contributed by atoms with Gasteiger partial charge in [0.2, 0.25) is 11.8 Å². The summed E-state index contributed by atoms with van der Waals surface area (Å²) in [5.74, 6) is -0.130. The number of amides is 2. The van der Waals surface area contributed by atoms with Gasteiger partial charge in [-0.3, -0.25) is 9.59 Å². The van der Waals surface area contributed by atoms with Crippen molar-refractivity contribution < 1.29 is 9.59 Å². The van der Waals surface area contributed by atoms with Gasteiger partial charge in [0.15, 0.2) is 0 Å². The average Bonchev–Trinajstić information content (AvgIpc) is 3.03. The standard InChI is InChI=1S/C23H27N3O2/c1-3-17-8-4-7-11-21(17)26-16-19(14-22(26)27)23(28)25-13-12-24(2)20-10-6-5-9-18(20)15-25/h4-11,19H,3,12-16H2,1-2H3. The summed E-state index contributed by atoms with van der Waals surface area (Å²) in [6.07, 6.45) is 1.17. The van der Waals surface area contributed by atoms with E-state index in [-0.39, 0.29) is 17.7 Å². The van der Waals surface area contributed by atoms with E-state index in [9.17, 15) is 9.59 Å². The fraction of sp³-hybridized carbons (Fsp3) is 0.391. The number of para-hydroxylation sites is 2. The van der Waals surface area contributed by atoms with Crippen LogP contribution in [-0.2, 0) is 22.6 Å². The molecule has 0 aromatic heterocycles. The lowest BCUT2D eigenvalue weighted by atomic mass is 10.1. The number of likely N-dealkylation sites (N-methyl/N-ethyl adjacent to an activating group) is 1. The third kappa shape index (κ3) is 3.37. The fourth-order valence-electron chi connectivity index (χ4n) is 4.32. The van der Waals surface area contributed by atoms with E-state index in [0.29, 0.717) is 26.1 Å². The highest BCUT2D eigenvalue weighted by atomic mass is 16.2. The molecule has 0 radical (unpaired) electrons. The first-order valence-electron chi connectivity index (χ1n) is 10.0. The quantitative estimate of drug-likeness (QED) is 0.826. The third-order valence-corrected chi connectivity index (χ3v) is 5.92. The van der Waals surface area contributed by atoms with Crippen molar-refractivity contribution in [3.05, 3.63) is 59.7 Å². The summed E-state index contributed by atoms with van der Waals surface area (Å²) < 4.78 is 0. The van der Waals surface area contributed by atoms with Gasteiger partial charge in [0, 0.05) is 51.0 Å². The minimum absolute atomic E-state index is 0.0478. The Morgan fingerprint density at radius 2 is 1.75 bits per heavy atom. The van der Waals surface area contributed by atoms with Crippen molar-refractivity contribution >= 4 is 23.2 Å². The van der Waals surface area contributed by atoms with Gasteiger partial charge in [-0.15, -0.1) is 0 Å². The molecule has 2 aliphatic heterocycles. The van der Waals surface area contributed by atoms with Crippen LogP contribution in [0.15, 0.2) is 48.5 Å². The Bertz CT molecular complexity index is 895. The van der Waals surface area contributed by atoms with Crippen LogP contribution in [0.3, 0.4) is 0 Å². The molecule has 0 aliphatic carbocycles. The molecular formula is C23H27N3O2. The van der Waals surface area contributed by atoms with Gasteiger partial charge in [0.25, 0.3) is 0 Å². The Morgan fingerprint density at radius 1 is 1.04 bits per heavy atom. The van der Waals surface area contributed by atoms with Crippen LogP contribution in [0.25, 0.3) is 0 Å². The zero-order valence-corrected chi connectivity index (χ0v) is 16.6. The number of hydrogen-bond acceptors (Lipinski definition) is 3. The number of fused-ring (bicyclic) bond motifs is 1. The van der Waals surface area contributed by atoms with Gasteiger partial charge in [-0.1, -0.05) is 43.3 Å². The zero-order chi connectivity index (χ0) is 19.7. The van der Waals surface area contributed by atoms with Gasteiger partial charge in [0.1, 0.15) is 0 Å². The van der Waals surface area contributed by atoms with E-state index in [2.05, 4.69) is 37.1 Å². The Labute approximate surface area is 166 Å². The largest absolute Gasteiger partial charge is 0.373 e. The molecule has 2 heterocycles. The summed E-state index contributed by atoms with van der Waals surface area (Å²) in [5, 5.41) is 0. The van der Waals surface area contributed by atoms with Crippen molar-refractivity contribution in [2.75, 3.05) is 36.5 Å². The normalized spacial score (nSPS) is 19.6. The van der Waals surface area contributed by atoms with Crippen LogP contribution in [0.1, 0.15) is 24.5 Å². The molecule has 5 heteroatoms. The predicted octanol–water partition coefficient (Wildman–Crippen LogP) is 3.08. The molecule has 2 aromatic rings. The van der Waals surface area contributed by atoms with Gasteiger partial charge in [-0.25, -0.2) is 0 Å². The van der Waals surface area contributed by atoms with E-state index in [1.54, 1.807) is 4.90 Å². The molecular weight excluding hydrogens is 350 g/mol. The van der Waals surface area contributed by atoms with E-state index in [4.69, 9.17) is 0 Å². The van der Waals surface area contributed by atoms with Crippen LogP contribution >= 0.6 is 0 Å². The van der Waals surface area contributed by atoms with Crippen molar-refractivity contribution in [1.82, 2.24) is 4.90 Å². The number of anilines is 2. The maximum atomic E-state index is 13.3. The summed E-state index contributed by atoms with van der Waals surface area (Å²) in [5.41, 5.74) is 4.44. The number of nitrogens with zero attached hydrogens (tertiary/aromatic N) is 3. The molecule has 0 saturated carbocycles. The van der Waals surface area contributed by atoms with Crippen LogP contribution in [0.2, 0.25) is 0 Å². The van der Waals surface area contributed by atoms with Gasteiger partial charge < -0.3 is 14.7 Å². The van der Waals surface area contributed by atoms with Gasteiger partial charge >= 0.3 is 0 Å². The van der Waals surface area contributed by atoms with Crippen LogP contribution in [-0.4, -0.2) is 43.4 Å². The number of aryl methyl sites for hydroxylation is 1. The number of rotatable bonds is 3. The molecule has 1 fully saturated rings. The van der Waals surface area contributed by atoms with Gasteiger partial charge in [0.05, 0.1) is 5.92 Å². The Hall–Kier alpha value is -2.82. The number of hydrogen-bond donors (Lipinski definition) is 0. The van der Waals surface area contributed by atoms with Crippen molar-refractivity contribution in [3.8, 4) is 0 Å². The molecule has 5 nitrogen and oxygen atoms in total. The SMILES string of the molecule is CCc1ccccc1N1CC(C(=O)N2CCN(C)c3ccccc3C2)CC1=O. The molecule has 0 N–H and O–H groups in total. The Kier molecular flexibility index (Phi) is 5.07. The minimum Gasteiger partial charge on any atom is -0.373 e. The van der Waals surface area contributed by atoms with Crippen molar-refractivity contribution in [2.45, 2.75) is 26.3 Å². The minimum atomic E-state index is -0.270. The highest BCUT2D eigenvalue weighted by molar-refractivity contribution is 6.00. The van der Waals surface area contributed by atoms with Gasteiger partial charge in [-0.2, -0.15) is 0 Å². The highest BCUT2D eigenvalue weighted by Gasteiger charge is 2.38. The fourth-order valence-corrected chi connectivity index (χ4v) is 4.32. The van der Waals surface area contributed by atoms with Crippen molar-refractivity contribution in [1.29, 1.82) is 0 Å². The lowest BCUT2D eigenvalue weighted by Gasteiger charge is -2.25. The monoisotopic (exact) mass is 377 g/mol. The highest BCUT2D eigenvalue weighted by Crippen LogP contribution is 2.31. The summed E-state index contributed by atoms with van der Waals surface area (Å²) >= 11 is 0. The van der Waals surface area contributed by atoms with E-state index in [1.807, 2.05) is 35.2 Å². The Balaban J connectivity index is 1.52.